The smallest absolute Gasteiger partial charge is 0.00390 e. The van der Waals surface area contributed by atoms with E-state index in [1.165, 1.54) is 51.6 Å². The molecule has 1 atom stereocenters. The Morgan fingerprint density at radius 2 is 1.79 bits per heavy atom. The Morgan fingerprint density at radius 1 is 1.07 bits per heavy atom. The van der Waals surface area contributed by atoms with Gasteiger partial charge < -0.3 is 10.6 Å². The van der Waals surface area contributed by atoms with Crippen LogP contribution in [0.25, 0.3) is 0 Å². The molecule has 2 aliphatic rings. The molecule has 1 saturated carbocycles. The van der Waals surface area contributed by atoms with Gasteiger partial charge in [0.15, 0.2) is 0 Å². The van der Waals surface area contributed by atoms with Crippen molar-refractivity contribution in [3.8, 4) is 0 Å². The number of rotatable bonds is 2. The van der Waals surface area contributed by atoms with E-state index in [4.69, 9.17) is 5.73 Å². The maximum Gasteiger partial charge on any atom is 0.00390 e. The van der Waals surface area contributed by atoms with E-state index in [0.717, 1.165) is 11.8 Å². The second-order valence-electron chi connectivity index (χ2n) is 5.43. The summed E-state index contributed by atoms with van der Waals surface area (Å²) in [5.74, 6) is 1.98. The molecule has 0 radical (unpaired) electrons. The van der Waals surface area contributed by atoms with E-state index in [0.29, 0.717) is 6.04 Å². The van der Waals surface area contributed by atoms with Crippen molar-refractivity contribution in [3.63, 3.8) is 0 Å². The first-order valence-electron chi connectivity index (χ1n) is 6.18. The second-order valence-corrected chi connectivity index (χ2v) is 5.43. The summed E-state index contributed by atoms with van der Waals surface area (Å²) in [6.07, 6.45) is 8.22. The van der Waals surface area contributed by atoms with Crippen LogP contribution in [0.5, 0.6) is 0 Å². The van der Waals surface area contributed by atoms with Crippen molar-refractivity contribution < 1.29 is 0 Å². The normalized spacial score (nSPS) is 40.3. The Bertz CT molecular complexity index is 173. The lowest BCUT2D eigenvalue weighted by Crippen LogP contribution is -2.27. The van der Waals surface area contributed by atoms with Crippen LogP contribution in [0.4, 0.5) is 0 Å². The van der Waals surface area contributed by atoms with Crippen LogP contribution in [0.1, 0.15) is 38.5 Å². The summed E-state index contributed by atoms with van der Waals surface area (Å²) in [6.45, 7) is 2.65. The van der Waals surface area contributed by atoms with Crippen molar-refractivity contribution in [1.82, 2.24) is 4.90 Å². The van der Waals surface area contributed by atoms with E-state index in [-0.39, 0.29) is 0 Å². The monoisotopic (exact) mass is 196 g/mol. The van der Waals surface area contributed by atoms with Crippen molar-refractivity contribution in [2.24, 2.45) is 17.6 Å². The molecule has 0 bridgehead atoms. The fourth-order valence-corrected chi connectivity index (χ4v) is 3.11. The molecular formula is C12H24N2. The van der Waals surface area contributed by atoms with E-state index in [9.17, 15) is 0 Å². The van der Waals surface area contributed by atoms with Gasteiger partial charge in [-0.2, -0.15) is 0 Å². The van der Waals surface area contributed by atoms with Crippen molar-refractivity contribution in [2.75, 3.05) is 20.1 Å². The Kier molecular flexibility index (Phi) is 3.45. The van der Waals surface area contributed by atoms with Crippen LogP contribution in [-0.4, -0.2) is 31.1 Å². The van der Waals surface area contributed by atoms with E-state index in [2.05, 4.69) is 11.9 Å². The lowest BCUT2D eigenvalue weighted by atomic mass is 9.81. The zero-order valence-corrected chi connectivity index (χ0v) is 9.41. The topological polar surface area (TPSA) is 29.3 Å². The Hall–Kier alpha value is -0.0800. The molecule has 82 valence electrons. The first-order valence-corrected chi connectivity index (χ1v) is 6.18. The minimum absolute atomic E-state index is 0.512. The van der Waals surface area contributed by atoms with Crippen molar-refractivity contribution in [1.29, 1.82) is 0 Å². The van der Waals surface area contributed by atoms with E-state index in [1.807, 2.05) is 0 Å². The third kappa shape index (κ3) is 2.71. The van der Waals surface area contributed by atoms with Crippen molar-refractivity contribution >= 4 is 0 Å². The standard InChI is InChI=1S/C12H24N2/c1-14-7-6-11(9-14)8-10-2-4-12(13)5-3-10/h10-12H,2-9,13H2,1H3. The lowest BCUT2D eigenvalue weighted by molar-refractivity contribution is 0.268. The molecule has 0 aromatic rings. The third-order valence-corrected chi connectivity index (χ3v) is 4.05. The van der Waals surface area contributed by atoms with Crippen LogP contribution < -0.4 is 5.73 Å². The van der Waals surface area contributed by atoms with Gasteiger partial charge in [-0.1, -0.05) is 0 Å². The van der Waals surface area contributed by atoms with E-state index >= 15 is 0 Å². The zero-order chi connectivity index (χ0) is 9.97. The Morgan fingerprint density at radius 3 is 2.36 bits per heavy atom. The van der Waals surface area contributed by atoms with E-state index < -0.39 is 0 Å². The first kappa shape index (κ1) is 10.4. The highest BCUT2D eigenvalue weighted by Gasteiger charge is 2.25. The molecule has 0 amide bonds. The van der Waals surface area contributed by atoms with Crippen LogP contribution in [0.15, 0.2) is 0 Å². The van der Waals surface area contributed by atoms with Gasteiger partial charge in [0.2, 0.25) is 0 Å². The number of likely N-dealkylation sites (tertiary alicyclic amines) is 1. The molecule has 2 N–H and O–H groups in total. The quantitative estimate of drug-likeness (QED) is 0.730. The summed E-state index contributed by atoms with van der Waals surface area (Å²) in [4.78, 5) is 2.47. The summed E-state index contributed by atoms with van der Waals surface area (Å²) in [5.41, 5.74) is 5.92. The molecule has 2 heteroatoms. The maximum atomic E-state index is 5.92. The molecule has 1 saturated heterocycles. The second kappa shape index (κ2) is 4.63. The van der Waals surface area contributed by atoms with Gasteiger partial charge in [-0.25, -0.2) is 0 Å². The van der Waals surface area contributed by atoms with Crippen molar-refractivity contribution in [2.45, 2.75) is 44.6 Å². The summed E-state index contributed by atoms with van der Waals surface area (Å²) in [7, 11) is 2.25. The van der Waals surface area contributed by atoms with E-state index in [1.54, 1.807) is 0 Å². The number of hydrogen-bond acceptors (Lipinski definition) is 2. The summed E-state index contributed by atoms with van der Waals surface area (Å²) in [5, 5.41) is 0. The minimum Gasteiger partial charge on any atom is -0.328 e. The van der Waals surface area contributed by atoms with Crippen molar-refractivity contribution in [3.05, 3.63) is 0 Å². The van der Waals surface area contributed by atoms with Crippen LogP contribution in [0.3, 0.4) is 0 Å². The average molecular weight is 196 g/mol. The molecule has 14 heavy (non-hydrogen) atoms. The van der Waals surface area contributed by atoms with Crippen LogP contribution in [-0.2, 0) is 0 Å². The highest BCUT2D eigenvalue weighted by Crippen LogP contribution is 2.31. The molecule has 1 unspecified atom stereocenters. The maximum absolute atomic E-state index is 5.92. The predicted molar refractivity (Wildman–Crippen MR) is 60.2 cm³/mol. The summed E-state index contributed by atoms with van der Waals surface area (Å²) in [6, 6.07) is 0.512. The predicted octanol–water partition coefficient (Wildman–Crippen LogP) is 1.85. The molecule has 1 heterocycles. The molecular weight excluding hydrogens is 172 g/mol. The van der Waals surface area contributed by atoms with Gasteiger partial charge in [-0.15, -0.1) is 0 Å². The number of nitrogens with two attached hydrogens (primary N) is 1. The summed E-state index contributed by atoms with van der Waals surface area (Å²) < 4.78 is 0. The van der Waals surface area contributed by atoms with Gasteiger partial charge >= 0.3 is 0 Å². The first-order chi connectivity index (χ1) is 6.74. The van der Waals surface area contributed by atoms with Gasteiger partial charge in [0.05, 0.1) is 0 Å². The van der Waals surface area contributed by atoms with Gasteiger partial charge in [-0.3, -0.25) is 0 Å². The van der Waals surface area contributed by atoms with Crippen LogP contribution in [0, 0.1) is 11.8 Å². The number of nitrogens with zero attached hydrogens (tertiary/aromatic N) is 1. The highest BCUT2D eigenvalue weighted by molar-refractivity contribution is 4.80. The van der Waals surface area contributed by atoms with Gasteiger partial charge in [-0.05, 0) is 64.0 Å². The average Bonchev–Trinajstić information content (AvgIpc) is 2.56. The molecule has 2 nitrogen and oxygen atoms in total. The Balaban J connectivity index is 1.70. The van der Waals surface area contributed by atoms with Gasteiger partial charge in [0.25, 0.3) is 0 Å². The zero-order valence-electron chi connectivity index (χ0n) is 9.41. The fraction of sp³-hybridized carbons (Fsp3) is 1.00. The summed E-state index contributed by atoms with van der Waals surface area (Å²) >= 11 is 0. The Labute approximate surface area is 87.8 Å². The number of hydrogen-bond donors (Lipinski definition) is 1. The molecule has 2 rings (SSSR count). The molecule has 2 fully saturated rings. The van der Waals surface area contributed by atoms with Crippen LogP contribution in [0.2, 0.25) is 0 Å². The largest absolute Gasteiger partial charge is 0.328 e. The minimum atomic E-state index is 0.512. The lowest BCUT2D eigenvalue weighted by Gasteiger charge is -2.27. The third-order valence-electron chi connectivity index (χ3n) is 4.05. The SMILES string of the molecule is CN1CCC(CC2CCC(N)CC2)C1. The molecule has 0 spiro atoms. The molecule has 1 aliphatic heterocycles. The molecule has 0 aromatic carbocycles. The fourth-order valence-electron chi connectivity index (χ4n) is 3.11. The van der Waals surface area contributed by atoms with Gasteiger partial charge in [0, 0.05) is 12.6 Å². The molecule has 0 aromatic heterocycles. The molecule has 1 aliphatic carbocycles. The van der Waals surface area contributed by atoms with Crippen LogP contribution >= 0.6 is 0 Å². The van der Waals surface area contributed by atoms with Gasteiger partial charge in [0.1, 0.15) is 0 Å². The highest BCUT2D eigenvalue weighted by atomic mass is 15.1.